The first-order chi connectivity index (χ1) is 11.1. The van der Waals surface area contributed by atoms with E-state index in [0.717, 1.165) is 21.9 Å². The van der Waals surface area contributed by atoms with Crippen molar-refractivity contribution in [1.82, 2.24) is 5.32 Å². The number of hydrogen-bond acceptors (Lipinski definition) is 2. The number of nitrogens with two attached hydrogens (primary N) is 1. The molecule has 1 unspecified atom stereocenters. The van der Waals surface area contributed by atoms with Gasteiger partial charge in [-0.1, -0.05) is 54.6 Å². The van der Waals surface area contributed by atoms with Gasteiger partial charge in [-0.3, -0.25) is 4.79 Å². The van der Waals surface area contributed by atoms with Crippen LogP contribution in [-0.2, 0) is 6.54 Å². The van der Waals surface area contributed by atoms with E-state index in [9.17, 15) is 4.79 Å². The molecule has 0 heterocycles. The van der Waals surface area contributed by atoms with Gasteiger partial charge in [0.25, 0.3) is 5.91 Å². The van der Waals surface area contributed by atoms with Crippen molar-refractivity contribution in [3.8, 4) is 0 Å². The highest BCUT2D eigenvalue weighted by Crippen LogP contribution is 2.16. The molecule has 1 atom stereocenters. The molecule has 3 N–H and O–H groups in total. The number of rotatable bonds is 4. The van der Waals surface area contributed by atoms with Crippen molar-refractivity contribution in [2.24, 2.45) is 5.73 Å². The van der Waals surface area contributed by atoms with Crippen LogP contribution >= 0.6 is 12.4 Å². The van der Waals surface area contributed by atoms with E-state index in [2.05, 4.69) is 5.32 Å². The van der Waals surface area contributed by atoms with Crippen LogP contribution in [0.3, 0.4) is 0 Å². The van der Waals surface area contributed by atoms with Crippen LogP contribution in [0.25, 0.3) is 10.8 Å². The number of benzene rings is 3. The van der Waals surface area contributed by atoms with Crippen LogP contribution in [0.2, 0.25) is 0 Å². The Balaban J connectivity index is 0.00000208. The van der Waals surface area contributed by atoms with Gasteiger partial charge in [-0.25, -0.2) is 0 Å². The zero-order valence-corrected chi connectivity index (χ0v) is 14.3. The molecule has 124 valence electrons. The number of fused-ring (bicyclic) bond motifs is 1. The zero-order valence-electron chi connectivity index (χ0n) is 13.5. The van der Waals surface area contributed by atoms with E-state index < -0.39 is 0 Å². The van der Waals surface area contributed by atoms with Crippen LogP contribution in [0.1, 0.15) is 34.5 Å². The predicted molar refractivity (Wildman–Crippen MR) is 101 cm³/mol. The van der Waals surface area contributed by atoms with Crippen molar-refractivity contribution in [2.75, 3.05) is 0 Å². The molecule has 3 aromatic rings. The van der Waals surface area contributed by atoms with Gasteiger partial charge in [0.1, 0.15) is 0 Å². The Morgan fingerprint density at radius 1 is 1.00 bits per heavy atom. The SMILES string of the molecule is CC(N)c1ccc(CNC(=O)c2ccc3ccccc3c2)cc1.Cl. The highest BCUT2D eigenvalue weighted by Gasteiger charge is 2.06. The van der Waals surface area contributed by atoms with Crippen molar-refractivity contribution in [1.29, 1.82) is 0 Å². The first-order valence-corrected chi connectivity index (χ1v) is 7.75. The summed E-state index contributed by atoms with van der Waals surface area (Å²) in [6.07, 6.45) is 0. The first-order valence-electron chi connectivity index (χ1n) is 7.75. The minimum absolute atomic E-state index is 0. The lowest BCUT2D eigenvalue weighted by Crippen LogP contribution is -2.22. The van der Waals surface area contributed by atoms with Crippen molar-refractivity contribution >= 4 is 29.1 Å². The molecule has 0 radical (unpaired) electrons. The summed E-state index contributed by atoms with van der Waals surface area (Å²) in [5, 5.41) is 5.16. The second-order valence-electron chi connectivity index (χ2n) is 5.77. The summed E-state index contributed by atoms with van der Waals surface area (Å²) in [7, 11) is 0. The molecule has 0 spiro atoms. The fourth-order valence-corrected chi connectivity index (χ4v) is 2.55. The monoisotopic (exact) mass is 340 g/mol. The maximum absolute atomic E-state index is 12.3. The van der Waals surface area contributed by atoms with E-state index in [-0.39, 0.29) is 24.4 Å². The molecule has 24 heavy (non-hydrogen) atoms. The molecular formula is C20H21ClN2O. The van der Waals surface area contributed by atoms with E-state index in [4.69, 9.17) is 5.73 Å². The van der Waals surface area contributed by atoms with Gasteiger partial charge in [-0.05, 0) is 41.0 Å². The highest BCUT2D eigenvalue weighted by atomic mass is 35.5. The summed E-state index contributed by atoms with van der Waals surface area (Å²) < 4.78 is 0. The van der Waals surface area contributed by atoms with E-state index in [1.165, 1.54) is 0 Å². The van der Waals surface area contributed by atoms with Crippen molar-refractivity contribution < 1.29 is 4.79 Å². The smallest absolute Gasteiger partial charge is 0.251 e. The molecule has 3 nitrogen and oxygen atoms in total. The third kappa shape index (κ3) is 4.13. The predicted octanol–water partition coefficient (Wildman–Crippen LogP) is 4.21. The van der Waals surface area contributed by atoms with E-state index in [0.29, 0.717) is 12.1 Å². The maximum atomic E-state index is 12.3. The maximum Gasteiger partial charge on any atom is 0.251 e. The van der Waals surface area contributed by atoms with Gasteiger partial charge in [0.05, 0.1) is 0 Å². The Hall–Kier alpha value is -2.36. The molecule has 1 amide bonds. The summed E-state index contributed by atoms with van der Waals surface area (Å²) in [5.41, 5.74) is 8.67. The molecule has 0 fully saturated rings. The van der Waals surface area contributed by atoms with E-state index in [1.807, 2.05) is 73.7 Å². The molecule has 3 aromatic carbocycles. The third-order valence-corrected chi connectivity index (χ3v) is 3.97. The molecular weight excluding hydrogens is 320 g/mol. The second kappa shape index (κ2) is 7.95. The summed E-state index contributed by atoms with van der Waals surface area (Å²) >= 11 is 0. The standard InChI is InChI=1S/C20H20N2O.ClH/c1-14(21)16-8-6-15(7-9-16)13-22-20(23)19-11-10-17-4-2-3-5-18(17)12-19;/h2-12,14H,13,21H2,1H3,(H,22,23);1H. The van der Waals surface area contributed by atoms with Gasteiger partial charge in [0.2, 0.25) is 0 Å². The number of amides is 1. The third-order valence-electron chi connectivity index (χ3n) is 3.97. The van der Waals surface area contributed by atoms with Gasteiger partial charge in [0.15, 0.2) is 0 Å². The number of carbonyl (C=O) groups is 1. The van der Waals surface area contributed by atoms with Gasteiger partial charge < -0.3 is 11.1 Å². The average Bonchev–Trinajstić information content (AvgIpc) is 2.59. The molecule has 0 bridgehead atoms. The lowest BCUT2D eigenvalue weighted by atomic mass is 10.1. The van der Waals surface area contributed by atoms with Gasteiger partial charge >= 0.3 is 0 Å². The molecule has 0 saturated carbocycles. The molecule has 0 aliphatic carbocycles. The number of nitrogens with one attached hydrogen (secondary N) is 1. The Morgan fingerprint density at radius 3 is 2.33 bits per heavy atom. The molecule has 0 aliphatic heterocycles. The summed E-state index contributed by atoms with van der Waals surface area (Å²) in [6, 6.07) is 21.8. The van der Waals surface area contributed by atoms with E-state index >= 15 is 0 Å². The molecule has 0 aliphatic rings. The molecule has 0 aromatic heterocycles. The van der Waals surface area contributed by atoms with Crippen LogP contribution in [-0.4, -0.2) is 5.91 Å². The first kappa shape index (κ1) is 18.0. The Kier molecular flexibility index (Phi) is 5.96. The Morgan fingerprint density at radius 2 is 1.67 bits per heavy atom. The van der Waals surface area contributed by atoms with Crippen LogP contribution in [0, 0.1) is 0 Å². The van der Waals surface area contributed by atoms with Gasteiger partial charge in [0, 0.05) is 18.2 Å². The largest absolute Gasteiger partial charge is 0.348 e. The van der Waals surface area contributed by atoms with Crippen LogP contribution in [0.15, 0.2) is 66.7 Å². The zero-order chi connectivity index (χ0) is 16.2. The Bertz CT molecular complexity index is 828. The second-order valence-corrected chi connectivity index (χ2v) is 5.77. The molecule has 4 heteroatoms. The summed E-state index contributed by atoms with van der Waals surface area (Å²) in [5.74, 6) is -0.0629. The minimum Gasteiger partial charge on any atom is -0.348 e. The summed E-state index contributed by atoms with van der Waals surface area (Å²) in [6.45, 7) is 2.46. The van der Waals surface area contributed by atoms with Gasteiger partial charge in [-0.2, -0.15) is 0 Å². The van der Waals surface area contributed by atoms with Gasteiger partial charge in [-0.15, -0.1) is 12.4 Å². The molecule has 0 saturated heterocycles. The average molecular weight is 341 g/mol. The lowest BCUT2D eigenvalue weighted by molar-refractivity contribution is 0.0951. The number of carbonyl (C=O) groups excluding carboxylic acids is 1. The fourth-order valence-electron chi connectivity index (χ4n) is 2.55. The summed E-state index contributed by atoms with van der Waals surface area (Å²) in [4.78, 5) is 12.3. The topological polar surface area (TPSA) is 55.1 Å². The number of hydrogen-bond donors (Lipinski definition) is 2. The quantitative estimate of drug-likeness (QED) is 0.747. The lowest BCUT2D eigenvalue weighted by Gasteiger charge is -2.09. The van der Waals surface area contributed by atoms with Crippen LogP contribution in [0.5, 0.6) is 0 Å². The highest BCUT2D eigenvalue weighted by molar-refractivity contribution is 5.98. The fraction of sp³-hybridized carbons (Fsp3) is 0.150. The number of halogens is 1. The Labute approximate surface area is 148 Å². The van der Waals surface area contributed by atoms with Crippen molar-refractivity contribution in [3.63, 3.8) is 0 Å². The van der Waals surface area contributed by atoms with Crippen molar-refractivity contribution in [3.05, 3.63) is 83.4 Å². The minimum atomic E-state index is -0.0629. The van der Waals surface area contributed by atoms with Crippen LogP contribution < -0.4 is 11.1 Å². The van der Waals surface area contributed by atoms with Crippen LogP contribution in [0.4, 0.5) is 0 Å². The normalized spacial score (nSPS) is 11.6. The van der Waals surface area contributed by atoms with E-state index in [1.54, 1.807) is 0 Å². The van der Waals surface area contributed by atoms with Crippen molar-refractivity contribution in [2.45, 2.75) is 19.5 Å². The molecule has 3 rings (SSSR count).